The average molecular weight is 293 g/mol. The molecule has 0 radical (unpaired) electrons. The molecule has 1 heterocycles. The van der Waals surface area contributed by atoms with Crippen molar-refractivity contribution in [1.29, 1.82) is 0 Å². The molecule has 112 valence electrons. The molecule has 0 aromatic rings. The SMILES string of the molecule is COCCC(N)C(=O)N1CCC(NS(C)(=O)=O)CC1. The van der Waals surface area contributed by atoms with Crippen LogP contribution in [-0.2, 0) is 19.6 Å². The van der Waals surface area contributed by atoms with Crippen LogP contribution in [0.3, 0.4) is 0 Å². The maximum Gasteiger partial charge on any atom is 0.239 e. The number of carbonyl (C=O) groups excluding carboxylic acids is 1. The van der Waals surface area contributed by atoms with Crippen LogP contribution in [0.5, 0.6) is 0 Å². The van der Waals surface area contributed by atoms with E-state index in [-0.39, 0.29) is 11.9 Å². The van der Waals surface area contributed by atoms with E-state index < -0.39 is 16.1 Å². The number of carbonyl (C=O) groups is 1. The van der Waals surface area contributed by atoms with E-state index in [4.69, 9.17) is 10.5 Å². The Balaban J connectivity index is 2.38. The summed E-state index contributed by atoms with van der Waals surface area (Å²) in [6, 6.07) is -0.631. The smallest absolute Gasteiger partial charge is 0.239 e. The Labute approximate surface area is 114 Å². The van der Waals surface area contributed by atoms with E-state index in [0.29, 0.717) is 39.0 Å². The summed E-state index contributed by atoms with van der Waals surface area (Å²) in [5.74, 6) is -0.0881. The highest BCUT2D eigenvalue weighted by atomic mass is 32.2. The van der Waals surface area contributed by atoms with Crippen LogP contribution < -0.4 is 10.5 Å². The second kappa shape index (κ2) is 7.18. The molecule has 0 aromatic carbocycles. The molecule has 1 rings (SSSR count). The standard InChI is InChI=1S/C11H23N3O4S/c1-18-8-5-10(12)11(15)14-6-3-9(4-7-14)13-19(2,16)17/h9-10,13H,3-8,12H2,1-2H3. The molecule has 0 spiro atoms. The molecule has 1 saturated heterocycles. The fraction of sp³-hybridized carbons (Fsp3) is 0.909. The van der Waals surface area contributed by atoms with Gasteiger partial charge in [0.1, 0.15) is 0 Å². The van der Waals surface area contributed by atoms with E-state index in [1.807, 2.05) is 0 Å². The van der Waals surface area contributed by atoms with Crippen molar-refractivity contribution in [1.82, 2.24) is 9.62 Å². The van der Waals surface area contributed by atoms with Gasteiger partial charge in [0.05, 0.1) is 12.3 Å². The van der Waals surface area contributed by atoms with Crippen molar-refractivity contribution in [2.24, 2.45) is 5.73 Å². The zero-order valence-corrected chi connectivity index (χ0v) is 12.3. The first-order valence-electron chi connectivity index (χ1n) is 6.34. The largest absolute Gasteiger partial charge is 0.385 e. The topological polar surface area (TPSA) is 102 Å². The van der Waals surface area contributed by atoms with Gasteiger partial charge in [0.2, 0.25) is 15.9 Å². The first-order valence-corrected chi connectivity index (χ1v) is 8.23. The van der Waals surface area contributed by atoms with E-state index in [1.54, 1.807) is 12.0 Å². The zero-order valence-electron chi connectivity index (χ0n) is 11.5. The van der Waals surface area contributed by atoms with Gasteiger partial charge in [-0.3, -0.25) is 4.79 Å². The molecule has 7 nitrogen and oxygen atoms in total. The molecule has 1 atom stereocenters. The van der Waals surface area contributed by atoms with Gasteiger partial charge in [0.15, 0.2) is 0 Å². The molecule has 0 aromatic heterocycles. The van der Waals surface area contributed by atoms with Crippen LogP contribution in [0, 0.1) is 0 Å². The molecule has 19 heavy (non-hydrogen) atoms. The molecule has 1 aliphatic rings. The Bertz CT molecular complexity index is 391. The number of ether oxygens (including phenoxy) is 1. The van der Waals surface area contributed by atoms with Crippen LogP contribution in [0.2, 0.25) is 0 Å². The minimum absolute atomic E-state index is 0.0881. The molecule has 8 heteroatoms. The number of likely N-dealkylation sites (tertiary alicyclic amines) is 1. The van der Waals surface area contributed by atoms with Crippen molar-refractivity contribution in [2.45, 2.75) is 31.3 Å². The van der Waals surface area contributed by atoms with Gasteiger partial charge in [0, 0.05) is 32.8 Å². The summed E-state index contributed by atoms with van der Waals surface area (Å²) in [4.78, 5) is 13.7. The summed E-state index contributed by atoms with van der Waals surface area (Å²) in [6.45, 7) is 1.53. The first-order chi connectivity index (χ1) is 8.83. The number of hydrogen-bond donors (Lipinski definition) is 2. The van der Waals surface area contributed by atoms with Gasteiger partial charge in [-0.05, 0) is 19.3 Å². The van der Waals surface area contributed by atoms with Gasteiger partial charge >= 0.3 is 0 Å². The highest BCUT2D eigenvalue weighted by Crippen LogP contribution is 2.12. The molecule has 1 unspecified atom stereocenters. The Kier molecular flexibility index (Phi) is 6.18. The lowest BCUT2D eigenvalue weighted by Crippen LogP contribution is -2.51. The second-order valence-corrected chi connectivity index (χ2v) is 6.66. The molecule has 3 N–H and O–H groups in total. The molecule has 1 aliphatic heterocycles. The number of nitrogens with one attached hydrogen (secondary N) is 1. The van der Waals surface area contributed by atoms with E-state index in [9.17, 15) is 13.2 Å². The lowest BCUT2D eigenvalue weighted by atomic mass is 10.0. The van der Waals surface area contributed by atoms with Gasteiger partial charge in [-0.15, -0.1) is 0 Å². The summed E-state index contributed by atoms with van der Waals surface area (Å²) in [6.07, 6.45) is 2.88. The average Bonchev–Trinajstić information content (AvgIpc) is 2.34. The Morgan fingerprint density at radius 1 is 1.47 bits per heavy atom. The van der Waals surface area contributed by atoms with Gasteiger partial charge in [-0.1, -0.05) is 0 Å². The Morgan fingerprint density at radius 2 is 2.05 bits per heavy atom. The fourth-order valence-electron chi connectivity index (χ4n) is 2.12. The summed E-state index contributed by atoms with van der Waals surface area (Å²) in [5, 5.41) is 0. The highest BCUT2D eigenvalue weighted by molar-refractivity contribution is 7.88. The molecule has 0 aliphatic carbocycles. The monoisotopic (exact) mass is 293 g/mol. The Morgan fingerprint density at radius 3 is 2.53 bits per heavy atom. The predicted octanol–water partition coefficient (Wildman–Crippen LogP) is -1.11. The number of rotatable bonds is 6. The van der Waals surface area contributed by atoms with Crippen LogP contribution in [0.4, 0.5) is 0 Å². The number of piperidine rings is 1. The van der Waals surface area contributed by atoms with Crippen molar-refractivity contribution in [2.75, 3.05) is 33.1 Å². The minimum Gasteiger partial charge on any atom is -0.385 e. The van der Waals surface area contributed by atoms with Gasteiger partial charge in [-0.2, -0.15) is 0 Å². The Hall–Kier alpha value is -0.700. The van der Waals surface area contributed by atoms with Crippen LogP contribution in [0.25, 0.3) is 0 Å². The fourth-order valence-corrected chi connectivity index (χ4v) is 2.96. The molecular formula is C11H23N3O4S. The molecule has 1 fully saturated rings. The van der Waals surface area contributed by atoms with E-state index in [1.165, 1.54) is 0 Å². The number of methoxy groups -OCH3 is 1. The molecule has 0 saturated carbocycles. The van der Waals surface area contributed by atoms with Crippen molar-refractivity contribution >= 4 is 15.9 Å². The maximum absolute atomic E-state index is 12.0. The van der Waals surface area contributed by atoms with Crippen LogP contribution in [0.15, 0.2) is 0 Å². The summed E-state index contributed by atoms with van der Waals surface area (Å²) < 4.78 is 29.7. The second-order valence-electron chi connectivity index (χ2n) is 4.88. The van der Waals surface area contributed by atoms with Crippen LogP contribution in [0.1, 0.15) is 19.3 Å². The maximum atomic E-state index is 12.0. The minimum atomic E-state index is -3.18. The normalized spacial score (nSPS) is 19.4. The molecular weight excluding hydrogens is 270 g/mol. The van der Waals surface area contributed by atoms with Gasteiger partial charge in [-0.25, -0.2) is 13.1 Å². The van der Waals surface area contributed by atoms with E-state index in [0.717, 1.165) is 6.26 Å². The number of sulfonamides is 1. The summed E-state index contributed by atoms with van der Waals surface area (Å²) >= 11 is 0. The number of nitrogens with zero attached hydrogens (tertiary/aromatic N) is 1. The van der Waals surface area contributed by atoms with Crippen LogP contribution in [-0.4, -0.2) is 64.4 Å². The number of amides is 1. The quantitative estimate of drug-likeness (QED) is 0.646. The van der Waals surface area contributed by atoms with Crippen molar-refractivity contribution in [3.05, 3.63) is 0 Å². The third-order valence-corrected chi connectivity index (χ3v) is 3.90. The lowest BCUT2D eigenvalue weighted by Gasteiger charge is -2.33. The van der Waals surface area contributed by atoms with Crippen molar-refractivity contribution in [3.8, 4) is 0 Å². The van der Waals surface area contributed by atoms with E-state index in [2.05, 4.69) is 4.72 Å². The summed E-state index contributed by atoms with van der Waals surface area (Å²) in [7, 11) is -1.62. The van der Waals surface area contributed by atoms with Crippen LogP contribution >= 0.6 is 0 Å². The van der Waals surface area contributed by atoms with E-state index >= 15 is 0 Å². The number of hydrogen-bond acceptors (Lipinski definition) is 5. The van der Waals surface area contributed by atoms with Crippen molar-refractivity contribution < 1.29 is 17.9 Å². The van der Waals surface area contributed by atoms with Gasteiger partial charge < -0.3 is 15.4 Å². The van der Waals surface area contributed by atoms with Gasteiger partial charge in [0.25, 0.3) is 0 Å². The highest BCUT2D eigenvalue weighted by Gasteiger charge is 2.27. The summed E-state index contributed by atoms with van der Waals surface area (Å²) in [5.41, 5.74) is 5.79. The lowest BCUT2D eigenvalue weighted by molar-refractivity contribution is -0.134. The van der Waals surface area contributed by atoms with Crippen molar-refractivity contribution in [3.63, 3.8) is 0 Å². The predicted molar refractivity (Wildman–Crippen MR) is 72.0 cm³/mol. The zero-order chi connectivity index (χ0) is 14.5. The third-order valence-electron chi connectivity index (χ3n) is 3.14. The first kappa shape index (κ1) is 16.4. The number of nitrogens with two attached hydrogens (primary N) is 1. The molecule has 1 amide bonds. The molecule has 0 bridgehead atoms. The third kappa shape index (κ3) is 5.85.